The van der Waals surface area contributed by atoms with E-state index in [0.717, 1.165) is 5.56 Å². The van der Waals surface area contributed by atoms with Gasteiger partial charge in [0.25, 0.3) is 5.91 Å². The number of aliphatic hydroxyl groups excluding tert-OH is 1. The number of aliphatic hydroxyl groups is 1. The van der Waals surface area contributed by atoms with Crippen molar-refractivity contribution in [3.63, 3.8) is 0 Å². The van der Waals surface area contributed by atoms with Gasteiger partial charge in [-0.3, -0.25) is 9.78 Å². The molecule has 0 aliphatic heterocycles. The van der Waals surface area contributed by atoms with E-state index in [4.69, 9.17) is 0 Å². The van der Waals surface area contributed by atoms with Crippen LogP contribution >= 0.6 is 0 Å². The number of benzene rings is 1. The van der Waals surface area contributed by atoms with Crippen LogP contribution in [0.15, 0.2) is 60.0 Å². The molecule has 0 aliphatic rings. The summed E-state index contributed by atoms with van der Waals surface area (Å²) in [7, 11) is 0. The third-order valence-corrected chi connectivity index (χ3v) is 2.44. The topological polar surface area (TPSA) is 74.6 Å². The summed E-state index contributed by atoms with van der Waals surface area (Å²) in [6.45, 7) is 0. The van der Waals surface area contributed by atoms with Crippen molar-refractivity contribution in [3.05, 3.63) is 66.0 Å². The Morgan fingerprint density at radius 3 is 2.74 bits per heavy atom. The molecule has 1 atom stereocenters. The third-order valence-electron chi connectivity index (χ3n) is 2.44. The third kappa shape index (κ3) is 3.72. The summed E-state index contributed by atoms with van der Waals surface area (Å²) in [6.07, 6.45) is 3.49. The molecule has 19 heavy (non-hydrogen) atoms. The van der Waals surface area contributed by atoms with E-state index in [2.05, 4.69) is 15.5 Å². The second kappa shape index (κ2) is 6.42. The first-order valence-electron chi connectivity index (χ1n) is 5.73. The molecule has 5 heteroatoms. The van der Waals surface area contributed by atoms with Crippen LogP contribution in [0.5, 0.6) is 0 Å². The van der Waals surface area contributed by atoms with Gasteiger partial charge in [0.2, 0.25) is 0 Å². The van der Waals surface area contributed by atoms with Gasteiger partial charge >= 0.3 is 0 Å². The van der Waals surface area contributed by atoms with Crippen LogP contribution in [0.1, 0.15) is 17.2 Å². The van der Waals surface area contributed by atoms with Crippen molar-refractivity contribution >= 4 is 12.1 Å². The molecule has 0 saturated carbocycles. The van der Waals surface area contributed by atoms with E-state index in [9.17, 15) is 9.90 Å². The van der Waals surface area contributed by atoms with Crippen LogP contribution in [-0.2, 0) is 4.79 Å². The molecule has 2 rings (SSSR count). The van der Waals surface area contributed by atoms with Crippen LogP contribution in [0.2, 0.25) is 0 Å². The maximum atomic E-state index is 11.6. The minimum atomic E-state index is -1.23. The normalized spacial score (nSPS) is 12.3. The number of rotatable bonds is 4. The molecule has 1 heterocycles. The summed E-state index contributed by atoms with van der Waals surface area (Å²) < 4.78 is 0. The van der Waals surface area contributed by atoms with Gasteiger partial charge < -0.3 is 5.11 Å². The highest BCUT2D eigenvalue weighted by Crippen LogP contribution is 2.11. The number of pyridine rings is 1. The Balaban J connectivity index is 1.93. The van der Waals surface area contributed by atoms with Crippen molar-refractivity contribution in [2.45, 2.75) is 6.10 Å². The monoisotopic (exact) mass is 255 g/mol. The Labute approximate surface area is 110 Å². The molecule has 1 aromatic carbocycles. The number of hydrogen-bond acceptors (Lipinski definition) is 4. The zero-order valence-electron chi connectivity index (χ0n) is 10.1. The summed E-state index contributed by atoms with van der Waals surface area (Å²) in [4.78, 5) is 15.6. The fraction of sp³-hybridized carbons (Fsp3) is 0.0714. The lowest BCUT2D eigenvalue weighted by Crippen LogP contribution is -2.25. The number of aromatic nitrogens is 1. The molecule has 0 aliphatic carbocycles. The average molecular weight is 255 g/mol. The largest absolute Gasteiger partial charge is 0.378 e. The van der Waals surface area contributed by atoms with Crippen LogP contribution < -0.4 is 5.43 Å². The molecule has 0 unspecified atom stereocenters. The lowest BCUT2D eigenvalue weighted by molar-refractivity contribution is -0.129. The van der Waals surface area contributed by atoms with E-state index in [1.807, 2.05) is 6.07 Å². The van der Waals surface area contributed by atoms with Crippen molar-refractivity contribution in [1.82, 2.24) is 10.4 Å². The Kier molecular flexibility index (Phi) is 4.36. The summed E-state index contributed by atoms with van der Waals surface area (Å²) in [5, 5.41) is 13.6. The molecule has 96 valence electrons. The lowest BCUT2D eigenvalue weighted by atomic mass is 10.1. The number of nitrogens with one attached hydrogen (secondary N) is 1. The summed E-state index contributed by atoms with van der Waals surface area (Å²) in [5.74, 6) is -0.577. The molecule has 0 radical (unpaired) electrons. The number of amides is 1. The van der Waals surface area contributed by atoms with Crippen molar-refractivity contribution in [1.29, 1.82) is 0 Å². The number of hydrogen-bond donors (Lipinski definition) is 2. The number of carbonyl (C=O) groups excluding carboxylic acids is 1. The molecular formula is C14H13N3O2. The summed E-state index contributed by atoms with van der Waals surface area (Å²) in [6, 6.07) is 12.2. The number of carbonyl (C=O) groups is 1. The van der Waals surface area contributed by atoms with Gasteiger partial charge in [0, 0.05) is 18.0 Å². The van der Waals surface area contributed by atoms with Gasteiger partial charge in [-0.15, -0.1) is 0 Å². The minimum absolute atomic E-state index is 0.525. The Bertz CT molecular complexity index is 555. The van der Waals surface area contributed by atoms with Crippen LogP contribution in [0.25, 0.3) is 0 Å². The van der Waals surface area contributed by atoms with E-state index in [-0.39, 0.29) is 0 Å². The van der Waals surface area contributed by atoms with Crippen LogP contribution in [0.4, 0.5) is 0 Å². The number of hydrazone groups is 1. The van der Waals surface area contributed by atoms with Crippen LogP contribution in [-0.4, -0.2) is 22.2 Å². The Morgan fingerprint density at radius 2 is 2.05 bits per heavy atom. The molecular weight excluding hydrogens is 242 g/mol. The van der Waals surface area contributed by atoms with Crippen molar-refractivity contribution in [2.75, 3.05) is 0 Å². The average Bonchev–Trinajstić information content (AvgIpc) is 2.48. The van der Waals surface area contributed by atoms with Gasteiger partial charge in [-0.1, -0.05) is 36.4 Å². The van der Waals surface area contributed by atoms with E-state index < -0.39 is 12.0 Å². The lowest BCUT2D eigenvalue weighted by Gasteiger charge is -2.08. The molecule has 0 fully saturated rings. The first kappa shape index (κ1) is 12.9. The second-order valence-electron chi connectivity index (χ2n) is 3.83. The molecule has 0 bridgehead atoms. The smallest absolute Gasteiger partial charge is 0.273 e. The van der Waals surface area contributed by atoms with E-state index in [0.29, 0.717) is 5.56 Å². The predicted octanol–water partition coefficient (Wildman–Crippen LogP) is 1.27. The molecule has 1 amide bonds. The van der Waals surface area contributed by atoms with E-state index >= 15 is 0 Å². The fourth-order valence-corrected chi connectivity index (χ4v) is 1.47. The zero-order chi connectivity index (χ0) is 13.5. The molecule has 0 spiro atoms. The number of nitrogens with zero attached hydrogens (tertiary/aromatic N) is 2. The summed E-state index contributed by atoms with van der Waals surface area (Å²) >= 11 is 0. The van der Waals surface area contributed by atoms with Crippen LogP contribution in [0, 0.1) is 0 Å². The Morgan fingerprint density at radius 1 is 1.26 bits per heavy atom. The quantitative estimate of drug-likeness (QED) is 0.638. The molecule has 2 N–H and O–H groups in total. The predicted molar refractivity (Wildman–Crippen MR) is 71.4 cm³/mol. The SMILES string of the molecule is O=C(N/N=C\c1cccnc1)[C@@H](O)c1ccccc1. The van der Waals surface area contributed by atoms with Gasteiger partial charge in [0.05, 0.1) is 6.21 Å². The van der Waals surface area contributed by atoms with E-state index in [1.54, 1.807) is 48.8 Å². The van der Waals surface area contributed by atoms with Gasteiger partial charge in [0.1, 0.15) is 0 Å². The molecule has 1 aromatic heterocycles. The molecule has 0 saturated heterocycles. The van der Waals surface area contributed by atoms with E-state index in [1.165, 1.54) is 6.21 Å². The first-order valence-corrected chi connectivity index (χ1v) is 5.73. The first-order chi connectivity index (χ1) is 9.27. The van der Waals surface area contributed by atoms with Gasteiger partial charge in [-0.05, 0) is 11.6 Å². The highest BCUT2D eigenvalue weighted by molar-refractivity contribution is 5.84. The highest BCUT2D eigenvalue weighted by atomic mass is 16.3. The minimum Gasteiger partial charge on any atom is -0.378 e. The van der Waals surface area contributed by atoms with Gasteiger partial charge in [-0.2, -0.15) is 5.10 Å². The van der Waals surface area contributed by atoms with Crippen molar-refractivity contribution < 1.29 is 9.90 Å². The van der Waals surface area contributed by atoms with Crippen molar-refractivity contribution in [3.8, 4) is 0 Å². The molecule has 2 aromatic rings. The molecule has 5 nitrogen and oxygen atoms in total. The maximum absolute atomic E-state index is 11.6. The van der Waals surface area contributed by atoms with Gasteiger partial charge in [-0.25, -0.2) is 5.43 Å². The standard InChI is InChI=1S/C14H13N3O2/c18-13(12-6-2-1-3-7-12)14(19)17-16-10-11-5-4-8-15-9-11/h1-10,13,18H,(H,17,19)/b16-10-/t13-/m0/s1. The zero-order valence-corrected chi connectivity index (χ0v) is 10.1. The fourth-order valence-electron chi connectivity index (χ4n) is 1.47. The maximum Gasteiger partial charge on any atom is 0.273 e. The Hall–Kier alpha value is -2.53. The van der Waals surface area contributed by atoms with Crippen molar-refractivity contribution in [2.24, 2.45) is 5.10 Å². The summed E-state index contributed by atoms with van der Waals surface area (Å²) in [5.41, 5.74) is 3.57. The van der Waals surface area contributed by atoms with Gasteiger partial charge in [0.15, 0.2) is 6.10 Å². The highest BCUT2D eigenvalue weighted by Gasteiger charge is 2.15. The second-order valence-corrected chi connectivity index (χ2v) is 3.83. The van der Waals surface area contributed by atoms with Crippen LogP contribution in [0.3, 0.4) is 0 Å².